The number of anilines is 1. The molecule has 1 aliphatic carbocycles. The second kappa shape index (κ2) is 7.91. The van der Waals surface area contributed by atoms with Gasteiger partial charge in [-0.05, 0) is 37.1 Å². The first-order valence-corrected chi connectivity index (χ1v) is 10.1. The third-order valence-corrected chi connectivity index (χ3v) is 6.25. The van der Waals surface area contributed by atoms with Crippen molar-refractivity contribution >= 4 is 11.6 Å². The van der Waals surface area contributed by atoms with Crippen LogP contribution in [0.2, 0.25) is 0 Å². The van der Waals surface area contributed by atoms with Gasteiger partial charge in [0.1, 0.15) is 0 Å². The SMILES string of the molecule is O=C([C@H]1CN(C2CCC2)CCN1)N1CCN(c2ccc(C(F)(F)F)cc2)CC1. The molecule has 0 unspecified atom stereocenters. The van der Waals surface area contributed by atoms with Crippen molar-refractivity contribution in [2.75, 3.05) is 50.7 Å². The minimum atomic E-state index is -4.32. The highest BCUT2D eigenvalue weighted by atomic mass is 19.4. The van der Waals surface area contributed by atoms with Crippen LogP contribution in [0.5, 0.6) is 0 Å². The van der Waals surface area contributed by atoms with Gasteiger partial charge in [-0.25, -0.2) is 0 Å². The fourth-order valence-electron chi connectivity index (χ4n) is 4.29. The molecule has 2 heterocycles. The number of carbonyl (C=O) groups excluding carboxylic acids is 1. The van der Waals surface area contributed by atoms with Crippen LogP contribution in [-0.4, -0.2) is 73.6 Å². The van der Waals surface area contributed by atoms with Gasteiger partial charge in [0.25, 0.3) is 0 Å². The minimum absolute atomic E-state index is 0.146. The van der Waals surface area contributed by atoms with Gasteiger partial charge in [0.15, 0.2) is 0 Å². The Morgan fingerprint density at radius 3 is 2.25 bits per heavy atom. The van der Waals surface area contributed by atoms with Crippen molar-refractivity contribution in [1.82, 2.24) is 15.1 Å². The maximum atomic E-state index is 12.9. The van der Waals surface area contributed by atoms with Crippen molar-refractivity contribution in [3.63, 3.8) is 0 Å². The maximum absolute atomic E-state index is 12.9. The summed E-state index contributed by atoms with van der Waals surface area (Å²) >= 11 is 0. The van der Waals surface area contributed by atoms with Crippen LogP contribution in [0, 0.1) is 0 Å². The summed E-state index contributed by atoms with van der Waals surface area (Å²) in [6.45, 7) is 5.10. The molecule has 3 aliphatic rings. The third-order valence-electron chi connectivity index (χ3n) is 6.25. The Hall–Kier alpha value is -1.80. The van der Waals surface area contributed by atoms with Gasteiger partial charge in [-0.2, -0.15) is 13.2 Å². The molecule has 1 aromatic rings. The number of hydrogen-bond acceptors (Lipinski definition) is 4. The van der Waals surface area contributed by atoms with Crippen LogP contribution in [0.3, 0.4) is 0 Å². The zero-order chi connectivity index (χ0) is 19.7. The van der Waals surface area contributed by atoms with Crippen molar-refractivity contribution in [1.29, 1.82) is 0 Å². The lowest BCUT2D eigenvalue weighted by Crippen LogP contribution is -2.62. The van der Waals surface area contributed by atoms with E-state index in [4.69, 9.17) is 0 Å². The second-order valence-electron chi connectivity index (χ2n) is 7.94. The Balaban J connectivity index is 1.30. The van der Waals surface area contributed by atoms with E-state index in [-0.39, 0.29) is 11.9 Å². The summed E-state index contributed by atoms with van der Waals surface area (Å²) in [6, 6.07) is 5.77. The highest BCUT2D eigenvalue weighted by Gasteiger charge is 2.35. The molecule has 154 valence electrons. The predicted molar refractivity (Wildman–Crippen MR) is 101 cm³/mol. The average molecular weight is 396 g/mol. The lowest BCUT2D eigenvalue weighted by Gasteiger charge is -2.44. The van der Waals surface area contributed by atoms with E-state index in [2.05, 4.69) is 10.2 Å². The van der Waals surface area contributed by atoms with E-state index in [1.165, 1.54) is 31.4 Å². The van der Waals surface area contributed by atoms with Crippen LogP contribution in [0.15, 0.2) is 24.3 Å². The summed E-state index contributed by atoms with van der Waals surface area (Å²) in [7, 11) is 0. The number of benzene rings is 1. The number of piperazine rings is 2. The molecule has 0 bridgehead atoms. The molecule has 1 amide bonds. The molecule has 1 atom stereocenters. The molecule has 0 spiro atoms. The second-order valence-corrected chi connectivity index (χ2v) is 7.94. The minimum Gasteiger partial charge on any atom is -0.368 e. The molecule has 1 aromatic carbocycles. The molecule has 0 radical (unpaired) electrons. The number of hydrogen-bond donors (Lipinski definition) is 1. The number of halogens is 3. The Morgan fingerprint density at radius 2 is 1.68 bits per heavy atom. The molecule has 2 saturated heterocycles. The van der Waals surface area contributed by atoms with Gasteiger partial charge < -0.3 is 15.1 Å². The summed E-state index contributed by atoms with van der Waals surface area (Å²) in [4.78, 5) is 19.3. The van der Waals surface area contributed by atoms with Gasteiger partial charge in [0.2, 0.25) is 5.91 Å². The molecule has 5 nitrogen and oxygen atoms in total. The van der Waals surface area contributed by atoms with E-state index in [0.717, 1.165) is 37.5 Å². The fourth-order valence-corrected chi connectivity index (χ4v) is 4.29. The fraction of sp³-hybridized carbons (Fsp3) is 0.650. The van der Waals surface area contributed by atoms with Crippen LogP contribution < -0.4 is 10.2 Å². The van der Waals surface area contributed by atoms with Crippen molar-refractivity contribution < 1.29 is 18.0 Å². The Kier molecular flexibility index (Phi) is 5.51. The Morgan fingerprint density at radius 1 is 1.00 bits per heavy atom. The average Bonchev–Trinajstić information content (AvgIpc) is 2.66. The normalized spacial score (nSPS) is 24.9. The summed E-state index contributed by atoms with van der Waals surface area (Å²) < 4.78 is 38.1. The molecular weight excluding hydrogens is 369 g/mol. The molecule has 28 heavy (non-hydrogen) atoms. The van der Waals surface area contributed by atoms with Gasteiger partial charge in [-0.15, -0.1) is 0 Å². The van der Waals surface area contributed by atoms with Crippen LogP contribution in [0.4, 0.5) is 18.9 Å². The van der Waals surface area contributed by atoms with E-state index < -0.39 is 11.7 Å². The monoisotopic (exact) mass is 396 g/mol. The number of nitrogens with zero attached hydrogens (tertiary/aromatic N) is 3. The molecular formula is C20H27F3N4O. The van der Waals surface area contributed by atoms with Crippen molar-refractivity contribution in [2.24, 2.45) is 0 Å². The summed E-state index contributed by atoms with van der Waals surface area (Å²) in [5.41, 5.74) is 0.136. The number of rotatable bonds is 3. The highest BCUT2D eigenvalue weighted by Crippen LogP contribution is 2.31. The number of amides is 1. The molecule has 4 rings (SSSR count). The molecule has 3 fully saturated rings. The van der Waals surface area contributed by atoms with Gasteiger partial charge >= 0.3 is 6.18 Å². The van der Waals surface area contributed by atoms with E-state index in [1.54, 1.807) is 0 Å². The molecule has 8 heteroatoms. The standard InChI is InChI=1S/C20H27F3N4O/c21-20(22,23)15-4-6-17(7-5-15)25-10-12-26(13-11-25)19(28)18-14-27(9-8-24-18)16-2-1-3-16/h4-7,16,18,24H,1-3,8-14H2/t18-/m1/s1. The van der Waals surface area contributed by atoms with E-state index in [1.807, 2.05) is 9.80 Å². The Bertz CT molecular complexity index is 682. The van der Waals surface area contributed by atoms with Crippen LogP contribution >= 0.6 is 0 Å². The topological polar surface area (TPSA) is 38.8 Å². The van der Waals surface area contributed by atoms with Crippen LogP contribution in [-0.2, 0) is 11.0 Å². The number of nitrogens with one attached hydrogen (secondary N) is 1. The summed E-state index contributed by atoms with van der Waals surface area (Å²) in [5, 5.41) is 3.36. The predicted octanol–water partition coefficient (Wildman–Crippen LogP) is 2.18. The third kappa shape index (κ3) is 4.12. The lowest BCUT2D eigenvalue weighted by molar-refractivity contribution is -0.137. The van der Waals surface area contributed by atoms with E-state index in [9.17, 15) is 18.0 Å². The van der Waals surface area contributed by atoms with Crippen molar-refractivity contribution in [3.8, 4) is 0 Å². The maximum Gasteiger partial charge on any atom is 0.416 e. The molecule has 1 saturated carbocycles. The van der Waals surface area contributed by atoms with Crippen molar-refractivity contribution in [3.05, 3.63) is 29.8 Å². The largest absolute Gasteiger partial charge is 0.416 e. The zero-order valence-electron chi connectivity index (χ0n) is 15.9. The molecule has 2 aliphatic heterocycles. The van der Waals surface area contributed by atoms with Crippen LogP contribution in [0.25, 0.3) is 0 Å². The van der Waals surface area contributed by atoms with Crippen LogP contribution in [0.1, 0.15) is 24.8 Å². The first-order valence-electron chi connectivity index (χ1n) is 10.1. The highest BCUT2D eigenvalue weighted by molar-refractivity contribution is 5.82. The van der Waals surface area contributed by atoms with Crippen molar-refractivity contribution in [2.45, 2.75) is 37.5 Å². The van der Waals surface area contributed by atoms with Gasteiger partial charge in [0, 0.05) is 57.5 Å². The summed E-state index contributed by atoms with van der Waals surface area (Å²) in [6.07, 6.45) is -0.539. The first kappa shape index (κ1) is 19.5. The quantitative estimate of drug-likeness (QED) is 0.850. The van der Waals surface area contributed by atoms with Gasteiger partial charge in [-0.1, -0.05) is 6.42 Å². The molecule has 0 aromatic heterocycles. The number of alkyl halides is 3. The zero-order valence-corrected chi connectivity index (χ0v) is 15.9. The van der Waals surface area contributed by atoms with E-state index in [0.29, 0.717) is 32.2 Å². The van der Waals surface area contributed by atoms with E-state index >= 15 is 0 Å². The summed E-state index contributed by atoms with van der Waals surface area (Å²) in [5.74, 6) is 0.149. The lowest BCUT2D eigenvalue weighted by atomic mass is 9.90. The van der Waals surface area contributed by atoms with Gasteiger partial charge in [-0.3, -0.25) is 9.69 Å². The Labute approximate surface area is 163 Å². The smallest absolute Gasteiger partial charge is 0.368 e. The van der Waals surface area contributed by atoms with Gasteiger partial charge in [0.05, 0.1) is 11.6 Å². The molecule has 1 N–H and O–H groups in total. The number of carbonyl (C=O) groups is 1. The first-order chi connectivity index (χ1) is 13.4.